The summed E-state index contributed by atoms with van der Waals surface area (Å²) in [7, 11) is 2.32. The number of rotatable bonds is 3. The maximum absolute atomic E-state index is 2.65. The molecule has 0 aromatic heterocycles. The minimum Gasteiger partial charge on any atom is -0.299 e. The highest BCUT2D eigenvalue weighted by atomic mass is 15.3. The maximum Gasteiger partial charge on any atom is 0.0223 e. The number of hydrogen-bond donors (Lipinski definition) is 0. The second kappa shape index (κ2) is 6.11. The lowest BCUT2D eigenvalue weighted by molar-refractivity contribution is 0.227. The van der Waals surface area contributed by atoms with Gasteiger partial charge < -0.3 is 0 Å². The molecule has 2 aliphatic rings. The number of nitrogens with zero attached hydrogens (tertiary/aromatic N) is 2. The zero-order valence-corrected chi connectivity index (χ0v) is 12.8. The summed E-state index contributed by atoms with van der Waals surface area (Å²) in [6, 6.07) is 12.3. The van der Waals surface area contributed by atoms with Crippen LogP contribution in [0, 0.1) is 0 Å². The molecule has 108 valence electrons. The molecule has 2 bridgehead atoms. The van der Waals surface area contributed by atoms with Gasteiger partial charge in [0.05, 0.1) is 0 Å². The smallest absolute Gasteiger partial charge is 0.0223 e. The van der Waals surface area contributed by atoms with Crippen molar-refractivity contribution in [1.82, 2.24) is 9.80 Å². The van der Waals surface area contributed by atoms with E-state index >= 15 is 0 Å². The third-order valence-electron chi connectivity index (χ3n) is 4.92. The molecule has 0 N–H and O–H groups in total. The molecule has 2 heterocycles. The molecule has 2 aliphatic heterocycles. The molecule has 0 saturated carbocycles. The molecule has 2 fully saturated rings. The fraction of sp³-hybridized carbons (Fsp3) is 0.556. The molecule has 0 amide bonds. The summed E-state index contributed by atoms with van der Waals surface area (Å²) in [4.78, 5) is 5.27. The number of likely N-dealkylation sites (N-methyl/N-ethyl adjacent to an activating group) is 1. The van der Waals surface area contributed by atoms with E-state index in [1.807, 2.05) is 0 Å². The second-order valence-electron chi connectivity index (χ2n) is 6.48. The quantitative estimate of drug-likeness (QED) is 0.832. The van der Waals surface area contributed by atoms with E-state index in [-0.39, 0.29) is 0 Å². The highest BCUT2D eigenvalue weighted by Crippen LogP contribution is 2.28. The van der Waals surface area contributed by atoms with Crippen LogP contribution in [-0.4, -0.2) is 48.6 Å². The van der Waals surface area contributed by atoms with Crippen molar-refractivity contribution in [1.29, 1.82) is 0 Å². The van der Waals surface area contributed by atoms with Crippen LogP contribution < -0.4 is 0 Å². The fourth-order valence-electron chi connectivity index (χ4n) is 3.75. The standard InChI is InChI=1S/C18H26N2/c1-15(12-16-6-4-3-5-7-16)13-20-11-10-17-8-9-18(14-20)19(17)2/h3-7,12,17-18H,8-11,13-14H2,1-2H3. The minimum atomic E-state index is 0.784. The summed E-state index contributed by atoms with van der Waals surface area (Å²) < 4.78 is 0. The molecular formula is C18H26N2. The predicted octanol–water partition coefficient (Wildman–Crippen LogP) is 3.26. The van der Waals surface area contributed by atoms with E-state index in [0.717, 1.165) is 18.6 Å². The first-order chi connectivity index (χ1) is 9.72. The number of benzene rings is 1. The zero-order valence-electron chi connectivity index (χ0n) is 12.8. The molecule has 2 atom stereocenters. The van der Waals surface area contributed by atoms with Crippen LogP contribution >= 0.6 is 0 Å². The first kappa shape index (κ1) is 13.8. The fourth-order valence-corrected chi connectivity index (χ4v) is 3.75. The average molecular weight is 270 g/mol. The SMILES string of the molecule is CC(=Cc1ccccc1)CN1CCC2CCC(C1)N2C. The topological polar surface area (TPSA) is 6.48 Å². The maximum atomic E-state index is 2.65. The largest absolute Gasteiger partial charge is 0.299 e. The van der Waals surface area contributed by atoms with Gasteiger partial charge in [0.25, 0.3) is 0 Å². The second-order valence-corrected chi connectivity index (χ2v) is 6.48. The van der Waals surface area contributed by atoms with Gasteiger partial charge in [0.1, 0.15) is 0 Å². The summed E-state index contributed by atoms with van der Waals surface area (Å²) in [5.41, 5.74) is 2.79. The Morgan fingerprint density at radius 1 is 1.15 bits per heavy atom. The van der Waals surface area contributed by atoms with Gasteiger partial charge in [-0.25, -0.2) is 0 Å². The van der Waals surface area contributed by atoms with Crippen molar-refractivity contribution in [2.45, 2.75) is 38.3 Å². The van der Waals surface area contributed by atoms with Crippen LogP contribution in [0.1, 0.15) is 31.7 Å². The van der Waals surface area contributed by atoms with Crippen LogP contribution in [0.5, 0.6) is 0 Å². The van der Waals surface area contributed by atoms with Crippen molar-refractivity contribution in [2.24, 2.45) is 0 Å². The van der Waals surface area contributed by atoms with E-state index in [0.29, 0.717) is 0 Å². The Morgan fingerprint density at radius 3 is 2.70 bits per heavy atom. The highest BCUT2D eigenvalue weighted by molar-refractivity contribution is 5.52. The van der Waals surface area contributed by atoms with Crippen LogP contribution in [0.15, 0.2) is 35.9 Å². The molecule has 3 rings (SSSR count). The molecule has 2 saturated heterocycles. The van der Waals surface area contributed by atoms with Crippen molar-refractivity contribution < 1.29 is 0 Å². The van der Waals surface area contributed by atoms with Crippen LogP contribution in [0.3, 0.4) is 0 Å². The van der Waals surface area contributed by atoms with Crippen LogP contribution in [0.4, 0.5) is 0 Å². The van der Waals surface area contributed by atoms with Gasteiger partial charge in [-0.05, 0) is 38.8 Å². The van der Waals surface area contributed by atoms with Crippen molar-refractivity contribution >= 4 is 6.08 Å². The van der Waals surface area contributed by atoms with Gasteiger partial charge in [-0.3, -0.25) is 9.80 Å². The summed E-state index contributed by atoms with van der Waals surface area (Å²) in [6.07, 6.45) is 6.46. The van der Waals surface area contributed by atoms with Gasteiger partial charge in [-0.2, -0.15) is 0 Å². The zero-order chi connectivity index (χ0) is 13.9. The lowest BCUT2D eigenvalue weighted by Gasteiger charge is -2.25. The van der Waals surface area contributed by atoms with Gasteiger partial charge in [0.2, 0.25) is 0 Å². The number of hydrogen-bond acceptors (Lipinski definition) is 2. The number of fused-ring (bicyclic) bond motifs is 2. The first-order valence-electron chi connectivity index (χ1n) is 7.89. The summed E-state index contributed by atoms with van der Waals surface area (Å²) in [5.74, 6) is 0. The minimum absolute atomic E-state index is 0.784. The molecule has 0 radical (unpaired) electrons. The van der Waals surface area contributed by atoms with Crippen LogP contribution in [-0.2, 0) is 0 Å². The van der Waals surface area contributed by atoms with Crippen molar-refractivity contribution in [2.75, 3.05) is 26.7 Å². The monoisotopic (exact) mass is 270 g/mol. The van der Waals surface area contributed by atoms with Crippen molar-refractivity contribution in [3.63, 3.8) is 0 Å². The molecule has 2 nitrogen and oxygen atoms in total. The molecule has 0 spiro atoms. The molecular weight excluding hydrogens is 244 g/mol. The molecule has 2 heteroatoms. The van der Waals surface area contributed by atoms with Gasteiger partial charge in [0.15, 0.2) is 0 Å². The Hall–Kier alpha value is -1.12. The van der Waals surface area contributed by atoms with E-state index in [4.69, 9.17) is 0 Å². The van der Waals surface area contributed by atoms with Crippen molar-refractivity contribution in [3.05, 3.63) is 41.5 Å². The Balaban J connectivity index is 1.62. The highest BCUT2D eigenvalue weighted by Gasteiger charge is 2.34. The lowest BCUT2D eigenvalue weighted by atomic mass is 10.1. The van der Waals surface area contributed by atoms with Crippen LogP contribution in [0.25, 0.3) is 6.08 Å². The molecule has 1 aromatic carbocycles. The molecule has 20 heavy (non-hydrogen) atoms. The van der Waals surface area contributed by atoms with Crippen LogP contribution in [0.2, 0.25) is 0 Å². The Kier molecular flexibility index (Phi) is 4.23. The van der Waals surface area contributed by atoms with Gasteiger partial charge in [-0.15, -0.1) is 0 Å². The lowest BCUT2D eigenvalue weighted by Crippen LogP contribution is -2.37. The van der Waals surface area contributed by atoms with Crippen molar-refractivity contribution in [3.8, 4) is 0 Å². The summed E-state index contributed by atoms with van der Waals surface area (Å²) >= 11 is 0. The first-order valence-corrected chi connectivity index (χ1v) is 7.89. The van der Waals surface area contributed by atoms with E-state index in [2.05, 4.69) is 60.2 Å². The third kappa shape index (κ3) is 3.13. The van der Waals surface area contributed by atoms with E-state index < -0.39 is 0 Å². The summed E-state index contributed by atoms with van der Waals surface area (Å²) in [5, 5.41) is 0. The molecule has 2 unspecified atom stereocenters. The van der Waals surface area contributed by atoms with Gasteiger partial charge in [-0.1, -0.05) is 42.0 Å². The third-order valence-corrected chi connectivity index (χ3v) is 4.92. The predicted molar refractivity (Wildman–Crippen MR) is 85.7 cm³/mol. The summed E-state index contributed by atoms with van der Waals surface area (Å²) in [6.45, 7) is 5.88. The Morgan fingerprint density at radius 2 is 1.90 bits per heavy atom. The van der Waals surface area contributed by atoms with E-state index in [1.54, 1.807) is 0 Å². The normalized spacial score (nSPS) is 28.6. The van der Waals surface area contributed by atoms with Gasteiger partial charge >= 0.3 is 0 Å². The molecule has 0 aliphatic carbocycles. The Labute approximate surface area is 123 Å². The Bertz CT molecular complexity index is 466. The van der Waals surface area contributed by atoms with E-state index in [9.17, 15) is 0 Å². The number of likely N-dealkylation sites (tertiary alicyclic amines) is 1. The molecule has 1 aromatic rings. The average Bonchev–Trinajstić information content (AvgIpc) is 2.68. The van der Waals surface area contributed by atoms with E-state index in [1.165, 1.54) is 43.5 Å². The van der Waals surface area contributed by atoms with Gasteiger partial charge in [0, 0.05) is 31.7 Å².